The van der Waals surface area contributed by atoms with E-state index in [1.54, 1.807) is 24.3 Å². The Hall–Kier alpha value is -1.99. The number of alkyl carbamates (subject to hydrolysis) is 1. The number of aliphatic hydroxyl groups excluding tert-OH is 1. The van der Waals surface area contributed by atoms with Crippen molar-refractivity contribution in [2.75, 3.05) is 26.2 Å². The number of ether oxygens (including phenoxy) is 1. The lowest BCUT2D eigenvalue weighted by Gasteiger charge is -2.20. The molecule has 0 fully saturated rings. The van der Waals surface area contributed by atoms with Crippen LogP contribution in [-0.2, 0) is 4.74 Å². The Morgan fingerprint density at radius 2 is 1.81 bits per heavy atom. The van der Waals surface area contributed by atoms with Gasteiger partial charge in [-0.15, -0.1) is 0 Å². The number of aliphatic imine (C=N–C) groups is 1. The van der Waals surface area contributed by atoms with Gasteiger partial charge in [-0.2, -0.15) is 0 Å². The van der Waals surface area contributed by atoms with Crippen molar-refractivity contribution in [3.8, 4) is 0 Å². The molecule has 1 aromatic carbocycles. The highest BCUT2D eigenvalue weighted by molar-refractivity contribution is 6.30. The number of amides is 1. The SMILES string of the molecule is CCNC(=NCC(O)c1ccc(Cl)cc1)NCCNC(=O)OC(C)(C)C. The molecule has 0 saturated carbocycles. The van der Waals surface area contributed by atoms with Crippen LogP contribution >= 0.6 is 11.6 Å². The van der Waals surface area contributed by atoms with Gasteiger partial charge in [0.1, 0.15) is 5.60 Å². The van der Waals surface area contributed by atoms with E-state index in [-0.39, 0.29) is 6.54 Å². The Morgan fingerprint density at radius 3 is 2.38 bits per heavy atom. The van der Waals surface area contributed by atoms with Crippen molar-refractivity contribution in [3.05, 3.63) is 34.9 Å². The highest BCUT2D eigenvalue weighted by Gasteiger charge is 2.15. The zero-order valence-electron chi connectivity index (χ0n) is 15.8. The molecule has 0 saturated heterocycles. The predicted molar refractivity (Wildman–Crippen MR) is 105 cm³/mol. The van der Waals surface area contributed by atoms with Crippen LogP contribution in [0, 0.1) is 0 Å². The molecule has 1 atom stereocenters. The van der Waals surface area contributed by atoms with Crippen molar-refractivity contribution < 1.29 is 14.6 Å². The molecule has 0 spiro atoms. The third kappa shape index (κ3) is 9.48. The number of aliphatic hydroxyl groups is 1. The third-order valence-electron chi connectivity index (χ3n) is 3.11. The molecule has 0 bridgehead atoms. The summed E-state index contributed by atoms with van der Waals surface area (Å²) in [5.41, 5.74) is 0.228. The van der Waals surface area contributed by atoms with Gasteiger partial charge in [0.15, 0.2) is 5.96 Å². The second kappa shape index (κ2) is 10.9. The second-order valence-electron chi connectivity index (χ2n) is 6.64. The minimum Gasteiger partial charge on any atom is -0.444 e. The van der Waals surface area contributed by atoms with E-state index in [4.69, 9.17) is 16.3 Å². The first kappa shape index (κ1) is 22.1. The number of rotatable bonds is 7. The summed E-state index contributed by atoms with van der Waals surface area (Å²) in [6.07, 6.45) is -1.18. The molecule has 26 heavy (non-hydrogen) atoms. The smallest absolute Gasteiger partial charge is 0.407 e. The Morgan fingerprint density at radius 1 is 1.19 bits per heavy atom. The van der Waals surface area contributed by atoms with E-state index in [1.165, 1.54) is 0 Å². The Kier molecular flexibility index (Phi) is 9.23. The highest BCUT2D eigenvalue weighted by Crippen LogP contribution is 2.16. The van der Waals surface area contributed by atoms with Gasteiger partial charge in [-0.3, -0.25) is 4.99 Å². The van der Waals surface area contributed by atoms with Crippen LogP contribution < -0.4 is 16.0 Å². The standard InChI is InChI=1S/C18H29ClN4O3/c1-5-20-16(21-10-11-22-17(25)26-18(2,3)4)23-12-15(24)13-6-8-14(19)9-7-13/h6-9,15,24H,5,10-12H2,1-4H3,(H,22,25)(H2,20,21,23). The number of benzene rings is 1. The molecule has 146 valence electrons. The lowest BCUT2D eigenvalue weighted by atomic mass is 10.1. The number of nitrogens with zero attached hydrogens (tertiary/aromatic N) is 1. The molecule has 0 aliphatic heterocycles. The van der Waals surface area contributed by atoms with Gasteiger partial charge in [0, 0.05) is 24.7 Å². The van der Waals surface area contributed by atoms with Gasteiger partial charge in [-0.1, -0.05) is 23.7 Å². The predicted octanol–water partition coefficient (Wildman–Crippen LogP) is 2.45. The van der Waals surface area contributed by atoms with Crippen molar-refractivity contribution in [3.63, 3.8) is 0 Å². The molecule has 4 N–H and O–H groups in total. The normalized spacial score (nSPS) is 13.1. The zero-order chi connectivity index (χ0) is 19.6. The van der Waals surface area contributed by atoms with Crippen LogP contribution in [0.3, 0.4) is 0 Å². The Bertz CT molecular complexity index is 585. The summed E-state index contributed by atoms with van der Waals surface area (Å²) in [6.45, 7) is 9.14. The fraction of sp³-hybridized carbons (Fsp3) is 0.556. The van der Waals surface area contributed by atoms with Crippen LogP contribution in [0.25, 0.3) is 0 Å². The summed E-state index contributed by atoms with van der Waals surface area (Å²) >= 11 is 5.85. The maximum atomic E-state index is 11.6. The minimum absolute atomic E-state index is 0.205. The van der Waals surface area contributed by atoms with Gasteiger partial charge in [-0.05, 0) is 45.4 Å². The van der Waals surface area contributed by atoms with E-state index >= 15 is 0 Å². The van der Waals surface area contributed by atoms with Crippen LogP contribution in [0.1, 0.15) is 39.4 Å². The Labute approximate surface area is 160 Å². The number of guanidine groups is 1. The van der Waals surface area contributed by atoms with Crippen molar-refractivity contribution in [1.82, 2.24) is 16.0 Å². The molecule has 0 aliphatic rings. The van der Waals surface area contributed by atoms with E-state index in [0.29, 0.717) is 30.6 Å². The quantitative estimate of drug-likeness (QED) is 0.329. The van der Waals surface area contributed by atoms with E-state index < -0.39 is 17.8 Å². The second-order valence-corrected chi connectivity index (χ2v) is 7.08. The number of hydrogen-bond donors (Lipinski definition) is 4. The molecule has 0 radical (unpaired) electrons. The van der Waals surface area contributed by atoms with Crippen LogP contribution in [0.4, 0.5) is 4.79 Å². The lowest BCUT2D eigenvalue weighted by molar-refractivity contribution is 0.0529. The first-order valence-electron chi connectivity index (χ1n) is 8.64. The van der Waals surface area contributed by atoms with E-state index in [2.05, 4.69) is 20.9 Å². The molecular weight excluding hydrogens is 356 g/mol. The first-order valence-corrected chi connectivity index (χ1v) is 9.01. The fourth-order valence-electron chi connectivity index (χ4n) is 1.97. The van der Waals surface area contributed by atoms with Gasteiger partial charge in [0.2, 0.25) is 0 Å². The van der Waals surface area contributed by atoms with Crippen LogP contribution in [-0.4, -0.2) is 48.9 Å². The number of carbonyl (C=O) groups excluding carboxylic acids is 1. The van der Waals surface area contributed by atoms with Crippen LogP contribution in [0.15, 0.2) is 29.3 Å². The van der Waals surface area contributed by atoms with Crippen molar-refractivity contribution in [1.29, 1.82) is 0 Å². The summed E-state index contributed by atoms with van der Waals surface area (Å²) < 4.78 is 5.16. The van der Waals surface area contributed by atoms with Gasteiger partial charge in [0.25, 0.3) is 0 Å². The lowest BCUT2D eigenvalue weighted by Crippen LogP contribution is -2.42. The first-order chi connectivity index (χ1) is 12.2. The minimum atomic E-state index is -0.720. The molecule has 1 aromatic rings. The van der Waals surface area contributed by atoms with Gasteiger partial charge < -0.3 is 25.8 Å². The van der Waals surface area contributed by atoms with E-state index in [0.717, 1.165) is 5.56 Å². The van der Waals surface area contributed by atoms with E-state index in [1.807, 2.05) is 27.7 Å². The third-order valence-corrected chi connectivity index (χ3v) is 3.36. The molecule has 7 nitrogen and oxygen atoms in total. The summed E-state index contributed by atoms with van der Waals surface area (Å²) in [4.78, 5) is 15.9. The monoisotopic (exact) mass is 384 g/mol. The molecule has 8 heteroatoms. The molecule has 0 aromatic heterocycles. The van der Waals surface area contributed by atoms with Crippen molar-refractivity contribution in [2.24, 2.45) is 4.99 Å². The largest absolute Gasteiger partial charge is 0.444 e. The topological polar surface area (TPSA) is 95.0 Å². The average molecular weight is 385 g/mol. The zero-order valence-corrected chi connectivity index (χ0v) is 16.6. The summed E-state index contributed by atoms with van der Waals surface area (Å²) in [6, 6.07) is 7.01. The highest BCUT2D eigenvalue weighted by atomic mass is 35.5. The molecular formula is C18H29ClN4O3. The summed E-state index contributed by atoms with van der Waals surface area (Å²) in [5.74, 6) is 0.562. The fourth-order valence-corrected chi connectivity index (χ4v) is 2.10. The maximum Gasteiger partial charge on any atom is 0.407 e. The number of carbonyl (C=O) groups is 1. The molecule has 1 unspecified atom stereocenters. The maximum absolute atomic E-state index is 11.6. The van der Waals surface area contributed by atoms with Crippen molar-refractivity contribution >= 4 is 23.7 Å². The summed E-state index contributed by atoms with van der Waals surface area (Å²) in [5, 5.41) is 19.7. The Balaban J connectivity index is 2.43. The number of nitrogens with one attached hydrogen (secondary N) is 3. The molecule has 0 heterocycles. The van der Waals surface area contributed by atoms with Crippen LogP contribution in [0.5, 0.6) is 0 Å². The van der Waals surface area contributed by atoms with Crippen molar-refractivity contribution in [2.45, 2.75) is 39.4 Å². The number of halogens is 1. The van der Waals surface area contributed by atoms with Crippen LogP contribution in [0.2, 0.25) is 5.02 Å². The van der Waals surface area contributed by atoms with Gasteiger partial charge in [0.05, 0.1) is 12.6 Å². The van der Waals surface area contributed by atoms with Gasteiger partial charge in [-0.25, -0.2) is 4.79 Å². The average Bonchev–Trinajstić information content (AvgIpc) is 2.55. The molecule has 1 amide bonds. The summed E-state index contributed by atoms with van der Waals surface area (Å²) in [7, 11) is 0. The number of hydrogen-bond acceptors (Lipinski definition) is 4. The van der Waals surface area contributed by atoms with E-state index in [9.17, 15) is 9.90 Å². The van der Waals surface area contributed by atoms with Gasteiger partial charge >= 0.3 is 6.09 Å². The molecule has 1 rings (SSSR count). The molecule has 0 aliphatic carbocycles.